The van der Waals surface area contributed by atoms with Crippen LogP contribution in [-0.2, 0) is 14.9 Å². The van der Waals surface area contributed by atoms with Crippen LogP contribution in [0.25, 0.3) is 0 Å². The van der Waals surface area contributed by atoms with Gasteiger partial charge in [-0.05, 0) is 32.4 Å². The second-order valence-corrected chi connectivity index (χ2v) is 6.05. The van der Waals surface area contributed by atoms with Gasteiger partial charge in [0.25, 0.3) is 0 Å². The summed E-state index contributed by atoms with van der Waals surface area (Å²) >= 11 is 0. The van der Waals surface area contributed by atoms with Crippen molar-refractivity contribution in [3.05, 3.63) is 35.9 Å². The van der Waals surface area contributed by atoms with Crippen molar-refractivity contribution in [3.63, 3.8) is 0 Å². The minimum absolute atomic E-state index is 0.0932. The highest BCUT2D eigenvalue weighted by molar-refractivity contribution is 5.87. The standard InChI is InChI=1S/C17H26N2O2/c1-17(2,15-7-4-3-5-8-15)16(20)18-9-6-10-19-11-13-21-14-12-19/h3-5,7-8H,6,9-14H2,1-2H3,(H,18,20). The van der Waals surface area contributed by atoms with Gasteiger partial charge in [0.15, 0.2) is 0 Å². The molecule has 0 radical (unpaired) electrons. The monoisotopic (exact) mass is 290 g/mol. The molecular weight excluding hydrogens is 264 g/mol. The van der Waals surface area contributed by atoms with Gasteiger partial charge in [0, 0.05) is 19.6 Å². The normalized spacial score (nSPS) is 16.7. The number of hydrogen-bond acceptors (Lipinski definition) is 3. The maximum atomic E-state index is 12.4. The molecule has 1 fully saturated rings. The Morgan fingerprint density at radius 2 is 1.90 bits per heavy atom. The van der Waals surface area contributed by atoms with E-state index in [1.807, 2.05) is 44.2 Å². The first-order valence-electron chi connectivity index (χ1n) is 7.74. The third-order valence-electron chi connectivity index (χ3n) is 4.10. The zero-order valence-corrected chi connectivity index (χ0v) is 13.1. The molecule has 0 bridgehead atoms. The fourth-order valence-corrected chi connectivity index (χ4v) is 2.54. The fourth-order valence-electron chi connectivity index (χ4n) is 2.54. The maximum absolute atomic E-state index is 12.4. The lowest BCUT2D eigenvalue weighted by Crippen LogP contribution is -2.42. The second-order valence-electron chi connectivity index (χ2n) is 6.05. The first kappa shape index (κ1) is 16.0. The molecule has 1 N–H and O–H groups in total. The highest BCUT2D eigenvalue weighted by atomic mass is 16.5. The minimum Gasteiger partial charge on any atom is -0.379 e. The zero-order valence-electron chi connectivity index (χ0n) is 13.1. The van der Waals surface area contributed by atoms with Gasteiger partial charge in [0.1, 0.15) is 0 Å². The first-order valence-corrected chi connectivity index (χ1v) is 7.74. The molecule has 0 aromatic heterocycles. The van der Waals surface area contributed by atoms with Gasteiger partial charge in [-0.25, -0.2) is 0 Å². The third kappa shape index (κ3) is 4.55. The van der Waals surface area contributed by atoms with E-state index < -0.39 is 5.41 Å². The number of carbonyl (C=O) groups is 1. The molecule has 4 nitrogen and oxygen atoms in total. The number of hydrogen-bond donors (Lipinski definition) is 1. The summed E-state index contributed by atoms with van der Waals surface area (Å²) in [5.41, 5.74) is 0.566. The van der Waals surface area contributed by atoms with Crippen LogP contribution in [-0.4, -0.2) is 50.2 Å². The van der Waals surface area contributed by atoms with Gasteiger partial charge in [-0.15, -0.1) is 0 Å². The Kier molecular flexibility index (Phi) is 5.76. The van der Waals surface area contributed by atoms with E-state index in [9.17, 15) is 4.79 Å². The van der Waals surface area contributed by atoms with Crippen LogP contribution < -0.4 is 5.32 Å². The summed E-state index contributed by atoms with van der Waals surface area (Å²) in [5, 5.41) is 3.06. The van der Waals surface area contributed by atoms with E-state index in [0.717, 1.165) is 51.4 Å². The van der Waals surface area contributed by atoms with E-state index in [4.69, 9.17) is 4.74 Å². The molecule has 2 rings (SSSR count). The number of nitrogens with zero attached hydrogens (tertiary/aromatic N) is 1. The average Bonchev–Trinajstić information content (AvgIpc) is 2.53. The van der Waals surface area contributed by atoms with Gasteiger partial charge in [-0.1, -0.05) is 30.3 Å². The Bertz CT molecular complexity index is 439. The molecule has 116 valence electrons. The smallest absolute Gasteiger partial charge is 0.230 e. The summed E-state index contributed by atoms with van der Waals surface area (Å²) in [4.78, 5) is 14.8. The number of ether oxygens (including phenoxy) is 1. The van der Waals surface area contributed by atoms with Crippen molar-refractivity contribution in [2.24, 2.45) is 0 Å². The number of benzene rings is 1. The molecule has 1 aromatic rings. The Hall–Kier alpha value is -1.39. The van der Waals surface area contributed by atoms with Crippen LogP contribution in [0.3, 0.4) is 0 Å². The SMILES string of the molecule is CC(C)(C(=O)NCCCN1CCOCC1)c1ccccc1. The van der Waals surface area contributed by atoms with Crippen molar-refractivity contribution in [1.82, 2.24) is 10.2 Å². The molecule has 1 amide bonds. The highest BCUT2D eigenvalue weighted by Gasteiger charge is 2.29. The van der Waals surface area contributed by atoms with Crippen molar-refractivity contribution in [3.8, 4) is 0 Å². The van der Waals surface area contributed by atoms with Crippen molar-refractivity contribution in [1.29, 1.82) is 0 Å². The predicted octanol–water partition coefficient (Wildman–Crippen LogP) is 1.80. The zero-order chi connectivity index (χ0) is 15.1. The lowest BCUT2D eigenvalue weighted by Gasteiger charge is -2.27. The predicted molar refractivity (Wildman–Crippen MR) is 84.4 cm³/mol. The number of rotatable bonds is 6. The lowest BCUT2D eigenvalue weighted by molar-refractivity contribution is -0.125. The van der Waals surface area contributed by atoms with Gasteiger partial charge >= 0.3 is 0 Å². The molecule has 1 aliphatic rings. The summed E-state index contributed by atoms with van der Waals surface area (Å²) in [6.45, 7) is 9.36. The van der Waals surface area contributed by atoms with E-state index in [1.54, 1.807) is 0 Å². The largest absolute Gasteiger partial charge is 0.379 e. The van der Waals surface area contributed by atoms with Crippen LogP contribution in [0.1, 0.15) is 25.8 Å². The highest BCUT2D eigenvalue weighted by Crippen LogP contribution is 2.22. The number of nitrogens with one attached hydrogen (secondary N) is 1. The van der Waals surface area contributed by atoms with E-state index in [2.05, 4.69) is 10.2 Å². The molecule has 1 heterocycles. The summed E-state index contributed by atoms with van der Waals surface area (Å²) < 4.78 is 5.33. The molecule has 0 aliphatic carbocycles. The van der Waals surface area contributed by atoms with Crippen LogP contribution in [0.4, 0.5) is 0 Å². The number of morpholine rings is 1. The first-order chi connectivity index (χ1) is 10.1. The topological polar surface area (TPSA) is 41.6 Å². The molecule has 0 unspecified atom stereocenters. The van der Waals surface area contributed by atoms with Gasteiger partial charge < -0.3 is 10.1 Å². The minimum atomic E-state index is -0.486. The van der Waals surface area contributed by atoms with Gasteiger partial charge in [-0.2, -0.15) is 0 Å². The van der Waals surface area contributed by atoms with Gasteiger partial charge in [0.2, 0.25) is 5.91 Å². The Balaban J connectivity index is 1.73. The molecule has 0 saturated carbocycles. The third-order valence-corrected chi connectivity index (χ3v) is 4.10. The Morgan fingerprint density at radius 1 is 1.24 bits per heavy atom. The van der Waals surface area contributed by atoms with E-state index >= 15 is 0 Å². The van der Waals surface area contributed by atoms with E-state index in [1.165, 1.54) is 0 Å². The quantitative estimate of drug-likeness (QED) is 0.812. The molecule has 1 saturated heterocycles. The van der Waals surface area contributed by atoms with Crippen molar-refractivity contribution in [2.45, 2.75) is 25.7 Å². The average molecular weight is 290 g/mol. The van der Waals surface area contributed by atoms with Crippen LogP contribution in [0, 0.1) is 0 Å². The molecule has 21 heavy (non-hydrogen) atoms. The second kappa shape index (κ2) is 7.57. The molecule has 0 spiro atoms. The number of amides is 1. The number of carbonyl (C=O) groups excluding carboxylic acids is 1. The Labute approximate surface area is 127 Å². The van der Waals surface area contributed by atoms with Crippen molar-refractivity contribution < 1.29 is 9.53 Å². The van der Waals surface area contributed by atoms with Crippen molar-refractivity contribution >= 4 is 5.91 Å². The van der Waals surface area contributed by atoms with Crippen molar-refractivity contribution in [2.75, 3.05) is 39.4 Å². The van der Waals surface area contributed by atoms with Gasteiger partial charge in [-0.3, -0.25) is 9.69 Å². The lowest BCUT2D eigenvalue weighted by atomic mass is 9.84. The van der Waals surface area contributed by atoms with E-state index in [-0.39, 0.29) is 5.91 Å². The van der Waals surface area contributed by atoms with Crippen LogP contribution >= 0.6 is 0 Å². The summed E-state index contributed by atoms with van der Waals surface area (Å²) in [6.07, 6.45) is 0.983. The Morgan fingerprint density at radius 3 is 2.57 bits per heavy atom. The van der Waals surface area contributed by atoms with E-state index in [0.29, 0.717) is 0 Å². The molecule has 1 aromatic carbocycles. The van der Waals surface area contributed by atoms with Crippen LogP contribution in [0.5, 0.6) is 0 Å². The molecular formula is C17H26N2O2. The summed E-state index contributed by atoms with van der Waals surface area (Å²) in [6, 6.07) is 9.94. The van der Waals surface area contributed by atoms with Crippen LogP contribution in [0.2, 0.25) is 0 Å². The molecule has 0 atom stereocenters. The maximum Gasteiger partial charge on any atom is 0.230 e. The van der Waals surface area contributed by atoms with Crippen LogP contribution in [0.15, 0.2) is 30.3 Å². The van der Waals surface area contributed by atoms with Gasteiger partial charge in [0.05, 0.1) is 18.6 Å². The fraction of sp³-hybridized carbons (Fsp3) is 0.588. The summed E-state index contributed by atoms with van der Waals surface area (Å²) in [5.74, 6) is 0.0932. The molecule has 1 aliphatic heterocycles. The summed E-state index contributed by atoms with van der Waals surface area (Å²) in [7, 11) is 0. The molecule has 4 heteroatoms.